The molecule has 2 aliphatic carbocycles. The maximum Gasteiger partial charge on any atom is 0.330 e. The third-order valence-electron chi connectivity index (χ3n) is 7.00. The predicted octanol–water partition coefficient (Wildman–Crippen LogP) is 3.38. The predicted molar refractivity (Wildman–Crippen MR) is 121 cm³/mol. The van der Waals surface area contributed by atoms with E-state index in [1.54, 1.807) is 19.9 Å². The van der Waals surface area contributed by atoms with Gasteiger partial charge in [-0.2, -0.15) is 0 Å². The van der Waals surface area contributed by atoms with E-state index >= 15 is 0 Å². The molecule has 32 heavy (non-hydrogen) atoms. The number of hydrogen-bond donors (Lipinski definition) is 1. The lowest BCUT2D eigenvalue weighted by Crippen LogP contribution is -2.50. The Morgan fingerprint density at radius 2 is 1.69 bits per heavy atom. The van der Waals surface area contributed by atoms with E-state index in [2.05, 4.69) is 21.2 Å². The Balaban J connectivity index is 1.42. The number of likely N-dealkylation sites (tertiary alicyclic amines) is 1. The van der Waals surface area contributed by atoms with Gasteiger partial charge in [-0.3, -0.25) is 19.3 Å². The van der Waals surface area contributed by atoms with Crippen LogP contribution < -0.4 is 5.32 Å². The Morgan fingerprint density at radius 1 is 1.09 bits per heavy atom. The van der Waals surface area contributed by atoms with Crippen LogP contribution in [0.3, 0.4) is 0 Å². The lowest BCUT2D eigenvalue weighted by molar-refractivity contribution is -0.162. The van der Waals surface area contributed by atoms with Crippen molar-refractivity contribution in [1.29, 1.82) is 0 Å². The summed E-state index contributed by atoms with van der Waals surface area (Å²) >= 11 is 3.45. The highest BCUT2D eigenvalue weighted by Gasteiger charge is 2.61. The van der Waals surface area contributed by atoms with Crippen LogP contribution in [0.15, 0.2) is 28.8 Å². The topological polar surface area (TPSA) is 92.8 Å². The number of anilines is 1. The number of fused-ring (bicyclic) bond motifs is 5. The monoisotopic (exact) mass is 502 g/mol. The number of hydrogen-bond acceptors (Lipinski definition) is 5. The number of ether oxygens (including phenoxy) is 1. The van der Waals surface area contributed by atoms with Crippen molar-refractivity contribution in [1.82, 2.24) is 4.90 Å². The van der Waals surface area contributed by atoms with Crippen LogP contribution in [0, 0.1) is 43.4 Å². The summed E-state index contributed by atoms with van der Waals surface area (Å²) in [5.74, 6) is -2.76. The Kier molecular flexibility index (Phi) is 6.00. The SMILES string of the molecule is Cc1c(Br)ccc(NC(=O)COC(=O)[C@H](C(C)C)N2C(=O)[C@H]3[C@H](C2=O)[C@H]2C=C[C@H]3C2)c1C. The normalized spacial score (nSPS) is 26.6. The molecule has 170 valence electrons. The van der Waals surface area contributed by atoms with Crippen molar-refractivity contribution in [2.24, 2.45) is 29.6 Å². The zero-order valence-corrected chi connectivity index (χ0v) is 20.1. The summed E-state index contributed by atoms with van der Waals surface area (Å²) < 4.78 is 6.21. The average Bonchev–Trinajstić information content (AvgIpc) is 3.42. The molecule has 2 fully saturated rings. The van der Waals surface area contributed by atoms with Crippen LogP contribution in [-0.4, -0.2) is 41.2 Å². The molecule has 0 aromatic heterocycles. The van der Waals surface area contributed by atoms with Gasteiger partial charge in [0.2, 0.25) is 11.8 Å². The Morgan fingerprint density at radius 3 is 2.25 bits per heavy atom. The summed E-state index contributed by atoms with van der Waals surface area (Å²) in [6, 6.07) is 2.57. The summed E-state index contributed by atoms with van der Waals surface area (Å²) in [5, 5.41) is 2.75. The molecule has 0 radical (unpaired) electrons. The molecule has 2 bridgehead atoms. The Labute approximate surface area is 195 Å². The van der Waals surface area contributed by atoms with Crippen LogP contribution in [0.25, 0.3) is 0 Å². The van der Waals surface area contributed by atoms with Gasteiger partial charge in [0.05, 0.1) is 11.8 Å². The highest BCUT2D eigenvalue weighted by molar-refractivity contribution is 9.10. The minimum absolute atomic E-state index is 0.0682. The molecule has 1 saturated carbocycles. The lowest BCUT2D eigenvalue weighted by atomic mass is 9.85. The second-order valence-electron chi connectivity index (χ2n) is 9.24. The summed E-state index contributed by atoms with van der Waals surface area (Å²) in [4.78, 5) is 52.6. The van der Waals surface area contributed by atoms with Crippen LogP contribution >= 0.6 is 15.9 Å². The number of benzene rings is 1. The molecular weight excluding hydrogens is 476 g/mol. The van der Waals surface area contributed by atoms with E-state index in [0.717, 1.165) is 26.9 Å². The van der Waals surface area contributed by atoms with Gasteiger partial charge < -0.3 is 10.1 Å². The second kappa shape index (κ2) is 8.46. The van der Waals surface area contributed by atoms with Gasteiger partial charge >= 0.3 is 5.97 Å². The molecular formula is C24H27BrN2O5. The fraction of sp³-hybridized carbons (Fsp3) is 0.500. The largest absolute Gasteiger partial charge is 0.454 e. The molecule has 1 aliphatic heterocycles. The molecule has 5 atom stereocenters. The van der Waals surface area contributed by atoms with Crippen molar-refractivity contribution in [3.63, 3.8) is 0 Å². The Bertz CT molecular complexity index is 1000. The van der Waals surface area contributed by atoms with Crippen LogP contribution in [0.2, 0.25) is 0 Å². The van der Waals surface area contributed by atoms with Crippen LogP contribution in [0.4, 0.5) is 5.69 Å². The maximum atomic E-state index is 13.1. The number of rotatable bonds is 6. The molecule has 1 N–H and O–H groups in total. The zero-order valence-electron chi connectivity index (χ0n) is 18.6. The molecule has 0 unspecified atom stereocenters. The third-order valence-corrected chi connectivity index (χ3v) is 7.86. The number of nitrogens with one attached hydrogen (secondary N) is 1. The average molecular weight is 503 g/mol. The van der Waals surface area contributed by atoms with Crippen LogP contribution in [0.5, 0.6) is 0 Å². The van der Waals surface area contributed by atoms with Crippen molar-refractivity contribution >= 4 is 45.3 Å². The smallest absolute Gasteiger partial charge is 0.330 e. The molecule has 7 nitrogen and oxygen atoms in total. The minimum atomic E-state index is -1.04. The van der Waals surface area contributed by atoms with Gasteiger partial charge in [-0.1, -0.05) is 41.9 Å². The minimum Gasteiger partial charge on any atom is -0.454 e. The van der Waals surface area contributed by atoms with Gasteiger partial charge in [-0.25, -0.2) is 4.79 Å². The summed E-state index contributed by atoms with van der Waals surface area (Å²) in [6.45, 7) is 6.86. The Hall–Kier alpha value is -2.48. The molecule has 1 aromatic carbocycles. The number of allylic oxidation sites excluding steroid dienone is 2. The first-order valence-electron chi connectivity index (χ1n) is 10.9. The molecule has 0 spiro atoms. The van der Waals surface area contributed by atoms with Crippen molar-refractivity contribution in [2.45, 2.75) is 40.2 Å². The first-order valence-corrected chi connectivity index (χ1v) is 11.7. The van der Waals surface area contributed by atoms with Gasteiger partial charge in [0.1, 0.15) is 6.04 Å². The molecule has 1 saturated heterocycles. The third kappa shape index (κ3) is 3.68. The molecule has 1 heterocycles. The lowest BCUT2D eigenvalue weighted by Gasteiger charge is -2.28. The molecule has 8 heteroatoms. The van der Waals surface area contributed by atoms with Gasteiger partial charge in [0.15, 0.2) is 6.61 Å². The maximum absolute atomic E-state index is 13.1. The van der Waals surface area contributed by atoms with Gasteiger partial charge in [0.25, 0.3) is 5.91 Å². The molecule has 3 amide bonds. The van der Waals surface area contributed by atoms with Crippen molar-refractivity contribution < 1.29 is 23.9 Å². The zero-order chi connectivity index (χ0) is 23.3. The summed E-state index contributed by atoms with van der Waals surface area (Å²) in [7, 11) is 0. The van der Waals surface area contributed by atoms with Gasteiger partial charge in [0, 0.05) is 10.2 Å². The molecule has 1 aromatic rings. The van der Waals surface area contributed by atoms with E-state index in [4.69, 9.17) is 4.74 Å². The van der Waals surface area contributed by atoms with E-state index in [9.17, 15) is 19.2 Å². The van der Waals surface area contributed by atoms with Gasteiger partial charge in [-0.15, -0.1) is 0 Å². The van der Waals surface area contributed by atoms with Crippen LogP contribution in [0.1, 0.15) is 31.4 Å². The number of halogens is 1. The summed E-state index contributed by atoms with van der Waals surface area (Å²) in [5.41, 5.74) is 2.54. The first kappa shape index (κ1) is 22.7. The van der Waals surface area contributed by atoms with Gasteiger partial charge in [-0.05, 0) is 61.3 Å². The number of esters is 1. The first-order chi connectivity index (χ1) is 15.1. The second-order valence-corrected chi connectivity index (χ2v) is 10.1. The molecule has 3 aliphatic rings. The highest BCUT2D eigenvalue weighted by Crippen LogP contribution is 2.53. The van der Waals surface area contributed by atoms with Crippen molar-refractivity contribution in [2.75, 3.05) is 11.9 Å². The van der Waals surface area contributed by atoms with Crippen molar-refractivity contribution in [3.05, 3.63) is 39.9 Å². The number of amides is 3. The number of nitrogens with zero attached hydrogens (tertiary/aromatic N) is 1. The van der Waals surface area contributed by atoms with E-state index in [-0.39, 0.29) is 41.4 Å². The van der Waals surface area contributed by atoms with E-state index in [1.165, 1.54) is 0 Å². The van der Waals surface area contributed by atoms with E-state index in [1.807, 2.05) is 32.1 Å². The fourth-order valence-corrected chi connectivity index (χ4v) is 5.64. The van der Waals surface area contributed by atoms with Crippen LogP contribution in [-0.2, 0) is 23.9 Å². The van der Waals surface area contributed by atoms with E-state index < -0.39 is 24.5 Å². The molecule has 4 rings (SSSR count). The number of carbonyl (C=O) groups is 4. The van der Waals surface area contributed by atoms with E-state index in [0.29, 0.717) is 5.69 Å². The standard InChI is InChI=1S/C24H27BrN2O5/c1-11(2)21(27-22(29)19-14-5-6-15(9-14)20(19)23(27)30)24(31)32-10-18(28)26-17-8-7-16(25)12(3)13(17)4/h5-8,11,14-15,19-21H,9-10H2,1-4H3,(H,26,28)/t14-,15-,19+,20+,21-/m0/s1. The number of carbonyl (C=O) groups excluding carboxylic acids is 4. The highest BCUT2D eigenvalue weighted by atomic mass is 79.9. The quantitative estimate of drug-likeness (QED) is 0.365. The fourth-order valence-electron chi connectivity index (χ4n) is 5.21. The summed E-state index contributed by atoms with van der Waals surface area (Å²) in [6.07, 6.45) is 4.85. The number of imide groups is 1. The van der Waals surface area contributed by atoms with Crippen molar-refractivity contribution in [3.8, 4) is 0 Å².